The Morgan fingerprint density at radius 2 is 1.78 bits per heavy atom. The second-order valence-electron chi connectivity index (χ2n) is 9.32. The number of benzene rings is 1. The lowest BCUT2D eigenvalue weighted by molar-refractivity contribution is 0.0113. The van der Waals surface area contributed by atoms with E-state index in [-0.39, 0.29) is 18.0 Å². The van der Waals surface area contributed by atoms with Crippen LogP contribution in [0.3, 0.4) is 0 Å². The summed E-state index contributed by atoms with van der Waals surface area (Å²) in [6.45, 7) is 10.7. The Bertz CT molecular complexity index is 987. The molecule has 0 aliphatic carbocycles. The monoisotopic (exact) mass is 464 g/mol. The largest absolute Gasteiger partial charge is 0.444 e. The molecule has 3 rings (SSSR count). The van der Waals surface area contributed by atoms with E-state index in [0.717, 1.165) is 11.5 Å². The highest BCUT2D eigenvalue weighted by Gasteiger charge is 2.27. The maximum atomic E-state index is 13.5. The number of halogens is 1. The lowest BCUT2D eigenvalue weighted by Gasteiger charge is -2.35. The Balaban J connectivity index is 1.78. The van der Waals surface area contributed by atoms with Crippen molar-refractivity contribution in [2.45, 2.75) is 46.0 Å². The lowest BCUT2D eigenvalue weighted by Crippen LogP contribution is -2.50. The fourth-order valence-corrected chi connectivity index (χ4v) is 3.74. The van der Waals surface area contributed by atoms with Crippen LogP contribution in [-0.2, 0) is 11.4 Å². The molecule has 1 atom stereocenters. The van der Waals surface area contributed by atoms with Gasteiger partial charge in [0.25, 0.3) is 0 Å². The van der Waals surface area contributed by atoms with Gasteiger partial charge in [0.05, 0.1) is 12.7 Å². The van der Waals surface area contributed by atoms with Crippen LogP contribution in [0.4, 0.5) is 9.18 Å². The highest BCUT2D eigenvalue weighted by Crippen LogP contribution is 2.22. The van der Waals surface area contributed by atoms with Crippen LogP contribution in [0, 0.1) is 10.6 Å². The molecule has 0 bridgehead atoms. The van der Waals surface area contributed by atoms with Gasteiger partial charge in [-0.2, -0.15) is 5.10 Å². The van der Waals surface area contributed by atoms with Crippen LogP contribution in [0.2, 0.25) is 0 Å². The van der Waals surface area contributed by atoms with Crippen molar-refractivity contribution in [3.05, 3.63) is 40.7 Å². The van der Waals surface area contributed by atoms with Gasteiger partial charge in [0, 0.05) is 31.9 Å². The number of rotatable bonds is 5. The third-order valence-corrected chi connectivity index (χ3v) is 5.85. The third kappa shape index (κ3) is 5.73. The first-order valence-corrected chi connectivity index (χ1v) is 11.2. The summed E-state index contributed by atoms with van der Waals surface area (Å²) < 4.78 is 23.2. The molecular formula is C22H33FN6O2S. The predicted molar refractivity (Wildman–Crippen MR) is 124 cm³/mol. The summed E-state index contributed by atoms with van der Waals surface area (Å²) >= 11 is 5.77. The highest BCUT2D eigenvalue weighted by molar-refractivity contribution is 7.71. The molecule has 176 valence electrons. The van der Waals surface area contributed by atoms with E-state index in [1.54, 1.807) is 21.7 Å². The zero-order chi connectivity index (χ0) is 23.6. The summed E-state index contributed by atoms with van der Waals surface area (Å²) in [4.78, 5) is 18.3. The van der Waals surface area contributed by atoms with Gasteiger partial charge in [-0.05, 0) is 78.3 Å². The van der Waals surface area contributed by atoms with Crippen molar-refractivity contribution in [3.8, 4) is 5.69 Å². The lowest BCUT2D eigenvalue weighted by atomic mass is 10.2. The Morgan fingerprint density at radius 1 is 1.19 bits per heavy atom. The van der Waals surface area contributed by atoms with E-state index in [4.69, 9.17) is 22.1 Å². The van der Waals surface area contributed by atoms with E-state index < -0.39 is 5.60 Å². The maximum Gasteiger partial charge on any atom is 0.410 e. The van der Waals surface area contributed by atoms with E-state index in [2.05, 4.69) is 16.7 Å². The van der Waals surface area contributed by atoms with E-state index in [0.29, 0.717) is 37.6 Å². The van der Waals surface area contributed by atoms with E-state index in [1.807, 2.05) is 39.4 Å². The molecule has 0 saturated carbocycles. The van der Waals surface area contributed by atoms with Crippen molar-refractivity contribution in [2.24, 2.45) is 0 Å². The molecule has 1 saturated heterocycles. The molecule has 0 N–H and O–H groups in total. The normalized spacial score (nSPS) is 16.4. The highest BCUT2D eigenvalue weighted by atomic mass is 32.1. The molecule has 0 radical (unpaired) electrons. The molecule has 2 aromatic rings. The molecule has 1 aliphatic rings. The fraction of sp³-hybridized carbons (Fsp3) is 0.591. The molecule has 1 fully saturated rings. The standard InChI is InChI=1S/C22H33FN6O2S/c1-16(25(5)6)19-24-28(20(32)29(19)18-9-7-17(23)8-10-18)15-26-11-13-27(14-12-26)21(30)31-22(2,3)4/h7-10,16H,11-15H2,1-6H3. The molecule has 8 nitrogen and oxygen atoms in total. The minimum absolute atomic E-state index is 0.00650. The van der Waals surface area contributed by atoms with Crippen LogP contribution in [0.15, 0.2) is 24.3 Å². The molecular weight excluding hydrogens is 431 g/mol. The van der Waals surface area contributed by atoms with Crippen LogP contribution >= 0.6 is 12.2 Å². The topological polar surface area (TPSA) is 58.8 Å². The first-order valence-electron chi connectivity index (χ1n) is 10.8. The third-order valence-electron chi connectivity index (χ3n) is 5.46. The van der Waals surface area contributed by atoms with Crippen molar-refractivity contribution in [2.75, 3.05) is 40.3 Å². The fourth-order valence-electron chi connectivity index (χ4n) is 3.44. The number of hydrogen-bond acceptors (Lipinski definition) is 6. The zero-order valence-electron chi connectivity index (χ0n) is 19.7. The molecule has 32 heavy (non-hydrogen) atoms. The first kappa shape index (κ1) is 24.3. The number of piperazine rings is 1. The number of ether oxygens (including phenoxy) is 1. The Labute approximate surface area is 194 Å². The number of nitrogens with zero attached hydrogens (tertiary/aromatic N) is 6. The van der Waals surface area contributed by atoms with Crippen LogP contribution in [0.5, 0.6) is 0 Å². The van der Waals surface area contributed by atoms with Gasteiger partial charge < -0.3 is 9.64 Å². The zero-order valence-corrected chi connectivity index (χ0v) is 20.5. The summed E-state index contributed by atoms with van der Waals surface area (Å²) in [7, 11) is 3.97. The minimum atomic E-state index is -0.506. The summed E-state index contributed by atoms with van der Waals surface area (Å²) in [5.74, 6) is 0.497. The van der Waals surface area contributed by atoms with Crippen LogP contribution in [-0.4, -0.2) is 81.0 Å². The van der Waals surface area contributed by atoms with Gasteiger partial charge in [0.15, 0.2) is 5.82 Å². The van der Waals surface area contributed by atoms with Gasteiger partial charge in [-0.1, -0.05) is 0 Å². The van der Waals surface area contributed by atoms with E-state index in [1.165, 1.54) is 12.1 Å². The van der Waals surface area contributed by atoms with Gasteiger partial charge in [0.2, 0.25) is 4.77 Å². The van der Waals surface area contributed by atoms with Crippen LogP contribution < -0.4 is 0 Å². The minimum Gasteiger partial charge on any atom is -0.444 e. The average molecular weight is 465 g/mol. The number of amides is 1. The summed E-state index contributed by atoms with van der Waals surface area (Å²) in [6.07, 6.45) is -0.281. The molecule has 1 amide bonds. The van der Waals surface area contributed by atoms with Crippen molar-refractivity contribution < 1.29 is 13.9 Å². The molecule has 1 aromatic carbocycles. The average Bonchev–Trinajstić information content (AvgIpc) is 3.03. The maximum absolute atomic E-state index is 13.5. The summed E-state index contributed by atoms with van der Waals surface area (Å²) in [5, 5.41) is 4.82. The Kier molecular flexibility index (Phi) is 7.36. The van der Waals surface area contributed by atoms with Gasteiger partial charge in [-0.15, -0.1) is 0 Å². The number of hydrogen-bond donors (Lipinski definition) is 0. The first-order chi connectivity index (χ1) is 15.0. The number of aromatic nitrogens is 3. The van der Waals surface area contributed by atoms with Crippen LogP contribution in [0.25, 0.3) is 5.69 Å². The smallest absolute Gasteiger partial charge is 0.410 e. The number of carbonyl (C=O) groups is 1. The molecule has 10 heteroatoms. The molecule has 2 heterocycles. The quantitative estimate of drug-likeness (QED) is 0.630. The Morgan fingerprint density at radius 3 is 2.31 bits per heavy atom. The van der Waals surface area contributed by atoms with Gasteiger partial charge in [-0.3, -0.25) is 14.4 Å². The SMILES string of the molecule is CC(c1nn(CN2CCN(C(=O)OC(C)(C)C)CC2)c(=S)n1-c1ccc(F)cc1)N(C)C. The van der Waals surface area contributed by atoms with Crippen molar-refractivity contribution in [1.82, 2.24) is 29.0 Å². The second-order valence-corrected chi connectivity index (χ2v) is 9.68. The van der Waals surface area contributed by atoms with Crippen molar-refractivity contribution in [3.63, 3.8) is 0 Å². The van der Waals surface area contributed by atoms with E-state index >= 15 is 0 Å². The van der Waals surface area contributed by atoms with Gasteiger partial charge in [-0.25, -0.2) is 13.9 Å². The van der Waals surface area contributed by atoms with Crippen molar-refractivity contribution in [1.29, 1.82) is 0 Å². The Hall–Kier alpha value is -2.30. The summed E-state index contributed by atoms with van der Waals surface area (Å²) in [6, 6.07) is 6.28. The predicted octanol–water partition coefficient (Wildman–Crippen LogP) is 3.68. The summed E-state index contributed by atoms with van der Waals surface area (Å²) in [5.41, 5.74) is 0.273. The van der Waals surface area contributed by atoms with Crippen molar-refractivity contribution >= 4 is 18.3 Å². The number of carbonyl (C=O) groups excluding carboxylic acids is 1. The molecule has 1 aliphatic heterocycles. The molecule has 1 unspecified atom stereocenters. The van der Waals surface area contributed by atoms with Gasteiger partial charge >= 0.3 is 6.09 Å². The molecule has 0 spiro atoms. The second kappa shape index (κ2) is 9.68. The van der Waals surface area contributed by atoms with Crippen LogP contribution in [0.1, 0.15) is 39.6 Å². The van der Waals surface area contributed by atoms with E-state index in [9.17, 15) is 9.18 Å². The van der Waals surface area contributed by atoms with Gasteiger partial charge in [0.1, 0.15) is 11.4 Å². The molecule has 1 aromatic heterocycles.